The van der Waals surface area contributed by atoms with Crippen molar-refractivity contribution in [2.45, 2.75) is 37.2 Å². The number of benzene rings is 2. The van der Waals surface area contributed by atoms with Crippen molar-refractivity contribution in [1.29, 1.82) is 0 Å². The second-order valence-corrected chi connectivity index (χ2v) is 8.45. The average molecular weight is 541 g/mol. The maximum Gasteiger partial charge on any atom is 0.416 e. The van der Waals surface area contributed by atoms with Gasteiger partial charge in [0, 0.05) is 12.8 Å². The fourth-order valence-electron chi connectivity index (χ4n) is 4.16. The minimum absolute atomic E-state index is 0.0128. The number of aromatic nitrogens is 4. The van der Waals surface area contributed by atoms with Crippen molar-refractivity contribution in [3.63, 3.8) is 0 Å². The van der Waals surface area contributed by atoms with Gasteiger partial charge in [-0.3, -0.25) is 4.79 Å². The van der Waals surface area contributed by atoms with Crippen LogP contribution in [-0.2, 0) is 10.3 Å². The topological polar surface area (TPSA) is 102 Å². The lowest BCUT2D eigenvalue weighted by Crippen LogP contribution is -2.58. The van der Waals surface area contributed by atoms with E-state index in [4.69, 9.17) is 9.47 Å². The summed E-state index contributed by atoms with van der Waals surface area (Å²) in [6, 6.07) is 10.9. The molecule has 0 fully saturated rings. The molecular weight excluding hydrogens is 520 g/mol. The van der Waals surface area contributed by atoms with E-state index >= 15 is 0 Å². The van der Waals surface area contributed by atoms with Crippen LogP contribution in [0.15, 0.2) is 48.5 Å². The molecule has 2 aromatic carbocycles. The van der Waals surface area contributed by atoms with Gasteiger partial charge in [0.25, 0.3) is 5.91 Å². The fraction of sp³-hybridized carbons (Fsp3) is 0.333. The Labute approximate surface area is 212 Å². The lowest BCUT2D eigenvalue weighted by molar-refractivity contribution is -0.201. The molecule has 2 heterocycles. The molecule has 0 radical (unpaired) electrons. The van der Waals surface area contributed by atoms with Crippen LogP contribution >= 0.6 is 0 Å². The third-order valence-electron chi connectivity index (χ3n) is 5.99. The van der Waals surface area contributed by atoms with E-state index in [1.54, 1.807) is 12.1 Å². The number of hydrogen-bond acceptors (Lipinski definition) is 6. The molecule has 0 aliphatic carbocycles. The predicted octanol–water partition coefficient (Wildman–Crippen LogP) is 4.82. The van der Waals surface area contributed by atoms with Crippen LogP contribution in [0.5, 0.6) is 11.5 Å². The Morgan fingerprint density at radius 1 is 1.03 bits per heavy atom. The molecule has 1 aliphatic rings. The molecule has 0 saturated carbocycles. The Hall–Kier alpha value is -4.10. The third kappa shape index (κ3) is 5.58. The Balaban J connectivity index is 1.73. The second-order valence-electron chi connectivity index (χ2n) is 8.45. The van der Waals surface area contributed by atoms with Crippen LogP contribution in [0.2, 0.25) is 0 Å². The van der Waals surface area contributed by atoms with Gasteiger partial charge in [0.1, 0.15) is 11.5 Å². The minimum atomic E-state index is -4.95. The number of H-pyrrole nitrogens is 1. The summed E-state index contributed by atoms with van der Waals surface area (Å²) in [4.78, 5) is 13.3. The van der Waals surface area contributed by atoms with Crippen molar-refractivity contribution >= 4 is 17.1 Å². The lowest BCUT2D eigenvalue weighted by atomic mass is 9.76. The highest BCUT2D eigenvalue weighted by Crippen LogP contribution is 2.50. The van der Waals surface area contributed by atoms with Crippen molar-refractivity contribution in [3.05, 3.63) is 65.5 Å². The number of amides is 1. The number of ether oxygens (including phenoxy) is 2. The van der Waals surface area contributed by atoms with Gasteiger partial charge in [0.05, 0.1) is 19.3 Å². The van der Waals surface area contributed by atoms with E-state index in [0.29, 0.717) is 5.75 Å². The zero-order valence-electron chi connectivity index (χ0n) is 19.8. The number of nitrogens with one attached hydrogen (secondary N) is 2. The second kappa shape index (κ2) is 10.3. The normalized spacial score (nSPS) is 18.3. The van der Waals surface area contributed by atoms with Gasteiger partial charge in [-0.2, -0.15) is 31.6 Å². The van der Waals surface area contributed by atoms with Crippen LogP contribution in [-0.4, -0.2) is 52.6 Å². The first kappa shape index (κ1) is 26.9. The quantitative estimate of drug-likeness (QED) is 0.313. The molecule has 14 heteroatoms. The smallest absolute Gasteiger partial charge is 0.416 e. The Morgan fingerprint density at radius 2 is 1.76 bits per heavy atom. The summed E-state index contributed by atoms with van der Waals surface area (Å²) in [5, 5.41) is 15.3. The summed E-state index contributed by atoms with van der Waals surface area (Å²) in [5.74, 6) is -0.802. The summed E-state index contributed by atoms with van der Waals surface area (Å²) < 4.78 is 91.7. The Morgan fingerprint density at radius 3 is 2.37 bits per heavy atom. The van der Waals surface area contributed by atoms with Gasteiger partial charge >= 0.3 is 12.4 Å². The van der Waals surface area contributed by atoms with Gasteiger partial charge in [0.15, 0.2) is 5.54 Å². The first-order valence-electron chi connectivity index (χ1n) is 11.2. The van der Waals surface area contributed by atoms with Gasteiger partial charge in [-0.05, 0) is 52.6 Å². The highest BCUT2D eigenvalue weighted by atomic mass is 19.4. The number of nitrogens with zero attached hydrogens (tertiary/aromatic N) is 3. The third-order valence-corrected chi connectivity index (χ3v) is 5.99. The minimum Gasteiger partial charge on any atom is -0.497 e. The highest BCUT2D eigenvalue weighted by Gasteiger charge is 2.59. The summed E-state index contributed by atoms with van der Waals surface area (Å²) in [6.45, 7) is -0.267. The van der Waals surface area contributed by atoms with Gasteiger partial charge in [-0.15, -0.1) is 10.2 Å². The average Bonchev–Trinajstić information content (AvgIpc) is 3.39. The fourth-order valence-corrected chi connectivity index (χ4v) is 4.16. The van der Waals surface area contributed by atoms with Crippen molar-refractivity contribution in [2.75, 3.05) is 13.7 Å². The van der Waals surface area contributed by atoms with Crippen LogP contribution < -0.4 is 14.8 Å². The van der Waals surface area contributed by atoms with Gasteiger partial charge in [-0.25, -0.2) is 0 Å². The molecular formula is C24H21F6N5O3. The van der Waals surface area contributed by atoms with Crippen molar-refractivity contribution in [2.24, 2.45) is 0 Å². The number of halogens is 6. The number of aromatic amines is 1. The number of carbonyl (C=O) groups excluding carboxylic acids is 1. The molecule has 1 amide bonds. The van der Waals surface area contributed by atoms with E-state index in [0.717, 1.165) is 12.1 Å². The number of rotatable bonds is 8. The van der Waals surface area contributed by atoms with Crippen molar-refractivity contribution < 1.29 is 40.6 Å². The summed E-state index contributed by atoms with van der Waals surface area (Å²) in [6.07, 6.45) is -11.4. The molecule has 1 aromatic heterocycles. The molecule has 0 spiro atoms. The molecule has 8 nitrogen and oxygen atoms in total. The molecule has 38 heavy (non-hydrogen) atoms. The molecule has 0 bridgehead atoms. The zero-order valence-corrected chi connectivity index (χ0v) is 19.8. The van der Waals surface area contributed by atoms with Crippen LogP contribution in [0.25, 0.3) is 11.1 Å². The standard InChI is InChI=1S/C24H21F6N5O3/c1-37-17-5-2-4-14(12-17)18-13-22(24(28,29)30,31-21(36)19(18)20-32-34-35-33-20)15-6-8-16(9-7-15)38-11-3-10-23(25,26)27/h2,4-9,12H,3,10-11,13H2,1H3,(H,31,36)(H,32,33,34,35). The SMILES string of the molecule is COc1cccc(C2=C(c3nn[nH]n3)C(=O)NC(c3ccc(OCCCC(F)(F)F)cc3)(C(F)(F)F)C2)c1. The number of alkyl halides is 6. The van der Waals surface area contributed by atoms with Crippen molar-refractivity contribution in [1.82, 2.24) is 25.9 Å². The van der Waals surface area contributed by atoms with Gasteiger partial charge in [-0.1, -0.05) is 24.3 Å². The largest absolute Gasteiger partial charge is 0.497 e. The van der Waals surface area contributed by atoms with E-state index in [-0.39, 0.29) is 46.9 Å². The molecule has 4 rings (SSSR count). The van der Waals surface area contributed by atoms with E-state index in [1.807, 2.05) is 0 Å². The Bertz CT molecular complexity index is 1310. The van der Waals surface area contributed by atoms with Crippen molar-refractivity contribution in [3.8, 4) is 11.5 Å². The maximum absolute atomic E-state index is 14.8. The highest BCUT2D eigenvalue weighted by molar-refractivity contribution is 6.27. The zero-order chi connectivity index (χ0) is 27.6. The molecule has 1 aliphatic heterocycles. The molecule has 202 valence electrons. The molecule has 1 unspecified atom stereocenters. The van der Waals surface area contributed by atoms with E-state index < -0.39 is 36.6 Å². The molecule has 2 N–H and O–H groups in total. The van der Waals surface area contributed by atoms with E-state index in [1.165, 1.54) is 31.4 Å². The number of carbonyl (C=O) groups is 1. The van der Waals surface area contributed by atoms with Gasteiger partial charge in [0.2, 0.25) is 5.82 Å². The summed E-state index contributed by atoms with van der Waals surface area (Å²) >= 11 is 0. The van der Waals surface area contributed by atoms with Crippen LogP contribution in [0, 0.1) is 0 Å². The monoisotopic (exact) mass is 541 g/mol. The molecule has 0 saturated heterocycles. The van der Waals surface area contributed by atoms with Crippen LogP contribution in [0.1, 0.15) is 36.2 Å². The first-order chi connectivity index (χ1) is 17.9. The number of tetrazole rings is 1. The van der Waals surface area contributed by atoms with Crippen LogP contribution in [0.3, 0.4) is 0 Å². The number of methoxy groups -OCH3 is 1. The lowest BCUT2D eigenvalue weighted by Gasteiger charge is -2.41. The van der Waals surface area contributed by atoms with E-state index in [2.05, 4.69) is 25.9 Å². The maximum atomic E-state index is 14.8. The predicted molar refractivity (Wildman–Crippen MR) is 122 cm³/mol. The van der Waals surface area contributed by atoms with Gasteiger partial charge < -0.3 is 14.8 Å². The number of hydrogen-bond donors (Lipinski definition) is 2. The molecule has 1 atom stereocenters. The molecule has 3 aromatic rings. The Kier molecular flexibility index (Phi) is 7.33. The summed E-state index contributed by atoms with van der Waals surface area (Å²) in [7, 11) is 1.40. The first-order valence-corrected chi connectivity index (χ1v) is 11.2. The van der Waals surface area contributed by atoms with Crippen LogP contribution in [0.4, 0.5) is 26.3 Å². The van der Waals surface area contributed by atoms with E-state index in [9.17, 15) is 31.1 Å². The summed E-state index contributed by atoms with van der Waals surface area (Å²) in [5.41, 5.74) is -3.02.